The highest BCUT2D eigenvalue weighted by Gasteiger charge is 2.10. The molecule has 0 aliphatic rings. The second-order valence-corrected chi connectivity index (χ2v) is 4.93. The Morgan fingerprint density at radius 3 is 2.73 bits per heavy atom. The van der Waals surface area contributed by atoms with Crippen LogP contribution in [0.2, 0.25) is 5.02 Å². The van der Waals surface area contributed by atoms with Gasteiger partial charge in [0.15, 0.2) is 5.76 Å². The molecule has 22 heavy (non-hydrogen) atoms. The molecule has 3 rings (SSSR count). The number of hydrogen-bond acceptors (Lipinski definition) is 5. The first-order valence-corrected chi connectivity index (χ1v) is 7.00. The lowest BCUT2D eigenvalue weighted by Crippen LogP contribution is -2.25. The average molecular weight is 318 g/mol. The van der Waals surface area contributed by atoms with Crippen LogP contribution in [-0.2, 0) is 6.42 Å². The van der Waals surface area contributed by atoms with Crippen LogP contribution in [0.25, 0.3) is 11.5 Å². The van der Waals surface area contributed by atoms with Crippen molar-refractivity contribution in [2.75, 3.05) is 6.54 Å². The number of furan rings is 1. The van der Waals surface area contributed by atoms with Crippen LogP contribution in [0.1, 0.15) is 16.4 Å². The van der Waals surface area contributed by atoms with Gasteiger partial charge in [-0.05, 0) is 36.4 Å². The summed E-state index contributed by atoms with van der Waals surface area (Å²) in [7, 11) is 0. The first-order valence-electron chi connectivity index (χ1n) is 6.62. The Labute approximate surface area is 131 Å². The summed E-state index contributed by atoms with van der Waals surface area (Å²) in [6, 6.07) is 10.4. The minimum Gasteiger partial charge on any atom is -0.459 e. The summed E-state index contributed by atoms with van der Waals surface area (Å²) in [4.78, 5) is 11.7. The standard InChI is InChI=1S/C15H12ClN3O3/c16-11-5-3-10(4-6-11)15-19-18-13(22-15)7-8-17-14(20)12-2-1-9-21-12/h1-6,9H,7-8H2,(H,17,20). The van der Waals surface area contributed by atoms with Gasteiger partial charge in [-0.1, -0.05) is 11.6 Å². The molecule has 0 spiro atoms. The molecule has 1 N–H and O–H groups in total. The smallest absolute Gasteiger partial charge is 0.286 e. The van der Waals surface area contributed by atoms with Gasteiger partial charge in [-0.3, -0.25) is 4.79 Å². The number of carbonyl (C=O) groups excluding carboxylic acids is 1. The van der Waals surface area contributed by atoms with E-state index in [0.29, 0.717) is 29.8 Å². The number of carbonyl (C=O) groups is 1. The van der Waals surface area contributed by atoms with Crippen LogP contribution < -0.4 is 5.32 Å². The van der Waals surface area contributed by atoms with E-state index in [9.17, 15) is 4.79 Å². The first kappa shape index (κ1) is 14.3. The molecule has 0 aliphatic heterocycles. The number of rotatable bonds is 5. The molecule has 1 amide bonds. The van der Waals surface area contributed by atoms with Gasteiger partial charge in [-0.15, -0.1) is 10.2 Å². The highest BCUT2D eigenvalue weighted by Crippen LogP contribution is 2.20. The van der Waals surface area contributed by atoms with Crippen molar-refractivity contribution >= 4 is 17.5 Å². The van der Waals surface area contributed by atoms with Crippen LogP contribution in [0.5, 0.6) is 0 Å². The van der Waals surface area contributed by atoms with E-state index in [1.807, 2.05) is 0 Å². The molecule has 0 saturated carbocycles. The van der Waals surface area contributed by atoms with E-state index < -0.39 is 0 Å². The lowest BCUT2D eigenvalue weighted by atomic mass is 10.2. The third kappa shape index (κ3) is 3.35. The Balaban J connectivity index is 1.56. The van der Waals surface area contributed by atoms with Gasteiger partial charge in [0.05, 0.1) is 6.26 Å². The zero-order valence-electron chi connectivity index (χ0n) is 11.5. The zero-order valence-corrected chi connectivity index (χ0v) is 12.2. The zero-order chi connectivity index (χ0) is 15.4. The topological polar surface area (TPSA) is 81.2 Å². The number of halogens is 1. The molecule has 0 unspecified atom stereocenters. The van der Waals surface area contributed by atoms with Gasteiger partial charge in [-0.2, -0.15) is 0 Å². The molecule has 0 bridgehead atoms. The van der Waals surface area contributed by atoms with Crippen LogP contribution in [0, 0.1) is 0 Å². The van der Waals surface area contributed by atoms with Gasteiger partial charge in [-0.25, -0.2) is 0 Å². The summed E-state index contributed by atoms with van der Waals surface area (Å²) < 4.78 is 10.5. The van der Waals surface area contributed by atoms with Crippen LogP contribution in [0.3, 0.4) is 0 Å². The van der Waals surface area contributed by atoms with Crippen LogP contribution >= 0.6 is 11.6 Å². The van der Waals surface area contributed by atoms with E-state index in [1.165, 1.54) is 6.26 Å². The Morgan fingerprint density at radius 1 is 1.18 bits per heavy atom. The number of aromatic nitrogens is 2. The number of amides is 1. The second kappa shape index (κ2) is 6.44. The van der Waals surface area contributed by atoms with E-state index in [0.717, 1.165) is 5.56 Å². The lowest BCUT2D eigenvalue weighted by molar-refractivity contribution is 0.0926. The summed E-state index contributed by atoms with van der Waals surface area (Å²) in [5.41, 5.74) is 0.794. The third-order valence-corrected chi connectivity index (χ3v) is 3.18. The van der Waals surface area contributed by atoms with Crippen molar-refractivity contribution in [3.63, 3.8) is 0 Å². The predicted octanol–water partition coefficient (Wildman–Crippen LogP) is 2.96. The molecule has 0 saturated heterocycles. The highest BCUT2D eigenvalue weighted by molar-refractivity contribution is 6.30. The molecule has 0 atom stereocenters. The van der Waals surface area contributed by atoms with Crippen molar-refractivity contribution in [3.05, 3.63) is 59.3 Å². The molecular formula is C15H12ClN3O3. The van der Waals surface area contributed by atoms with Crippen LogP contribution in [0.4, 0.5) is 0 Å². The van der Waals surface area contributed by atoms with Crippen molar-refractivity contribution in [1.82, 2.24) is 15.5 Å². The van der Waals surface area contributed by atoms with Crippen LogP contribution in [-0.4, -0.2) is 22.6 Å². The van der Waals surface area contributed by atoms with Gasteiger partial charge in [0.2, 0.25) is 11.8 Å². The normalized spacial score (nSPS) is 10.6. The Hall–Kier alpha value is -2.60. The number of benzene rings is 1. The molecule has 6 nitrogen and oxygen atoms in total. The van der Waals surface area contributed by atoms with Crippen molar-refractivity contribution in [2.24, 2.45) is 0 Å². The Bertz CT molecular complexity index is 751. The lowest BCUT2D eigenvalue weighted by Gasteiger charge is -2.00. The van der Waals surface area contributed by atoms with Crippen molar-refractivity contribution in [1.29, 1.82) is 0 Å². The third-order valence-electron chi connectivity index (χ3n) is 2.93. The molecule has 2 aromatic heterocycles. The SMILES string of the molecule is O=C(NCCc1nnc(-c2ccc(Cl)cc2)o1)c1ccco1. The van der Waals surface area contributed by atoms with E-state index in [-0.39, 0.29) is 11.7 Å². The first-order chi connectivity index (χ1) is 10.7. The fourth-order valence-electron chi connectivity index (χ4n) is 1.84. The van der Waals surface area contributed by atoms with Crippen molar-refractivity contribution in [2.45, 2.75) is 6.42 Å². The summed E-state index contributed by atoms with van der Waals surface area (Å²) >= 11 is 5.83. The molecule has 3 aromatic rings. The number of nitrogens with one attached hydrogen (secondary N) is 1. The highest BCUT2D eigenvalue weighted by atomic mass is 35.5. The maximum absolute atomic E-state index is 11.7. The van der Waals surface area contributed by atoms with Gasteiger partial charge < -0.3 is 14.2 Å². The molecule has 0 radical (unpaired) electrons. The minimum atomic E-state index is -0.276. The van der Waals surface area contributed by atoms with Crippen molar-refractivity contribution in [3.8, 4) is 11.5 Å². The van der Waals surface area contributed by atoms with Crippen LogP contribution in [0.15, 0.2) is 51.5 Å². The van der Waals surface area contributed by atoms with E-state index in [2.05, 4.69) is 15.5 Å². The van der Waals surface area contributed by atoms with Gasteiger partial charge >= 0.3 is 0 Å². The van der Waals surface area contributed by atoms with Crippen molar-refractivity contribution < 1.29 is 13.6 Å². The Morgan fingerprint density at radius 2 is 2.00 bits per heavy atom. The summed E-state index contributed by atoms with van der Waals surface area (Å²) in [6.07, 6.45) is 1.89. The predicted molar refractivity (Wildman–Crippen MR) is 79.5 cm³/mol. The Kier molecular flexibility index (Phi) is 4.20. The van der Waals surface area contributed by atoms with E-state index in [1.54, 1.807) is 36.4 Å². The number of hydrogen-bond donors (Lipinski definition) is 1. The van der Waals surface area contributed by atoms with E-state index >= 15 is 0 Å². The summed E-state index contributed by atoms with van der Waals surface area (Å²) in [5, 5.41) is 11.3. The van der Waals surface area contributed by atoms with Gasteiger partial charge in [0.25, 0.3) is 5.91 Å². The molecular weight excluding hydrogens is 306 g/mol. The fraction of sp³-hybridized carbons (Fsp3) is 0.133. The monoisotopic (exact) mass is 317 g/mol. The quantitative estimate of drug-likeness (QED) is 0.782. The summed E-state index contributed by atoms with van der Waals surface area (Å²) in [6.45, 7) is 0.377. The molecule has 0 aliphatic carbocycles. The molecule has 2 heterocycles. The molecule has 0 fully saturated rings. The maximum Gasteiger partial charge on any atom is 0.286 e. The van der Waals surface area contributed by atoms with Gasteiger partial charge in [0, 0.05) is 23.6 Å². The molecule has 112 valence electrons. The van der Waals surface area contributed by atoms with Gasteiger partial charge in [0.1, 0.15) is 0 Å². The minimum absolute atomic E-state index is 0.271. The molecule has 1 aromatic carbocycles. The van der Waals surface area contributed by atoms with E-state index in [4.69, 9.17) is 20.4 Å². The summed E-state index contributed by atoms with van der Waals surface area (Å²) in [5.74, 6) is 0.864. The molecule has 7 heteroatoms. The largest absolute Gasteiger partial charge is 0.459 e. The fourth-order valence-corrected chi connectivity index (χ4v) is 1.97. The second-order valence-electron chi connectivity index (χ2n) is 4.49. The maximum atomic E-state index is 11.7. The number of nitrogens with zero attached hydrogens (tertiary/aromatic N) is 2. The average Bonchev–Trinajstić information content (AvgIpc) is 3.19.